The number of nitrogens with one attached hydrogen (secondary N) is 2. The molecule has 0 radical (unpaired) electrons. The van der Waals surface area contributed by atoms with Crippen LogP contribution in [0, 0.1) is 0 Å². The molecule has 3 heterocycles. The van der Waals surface area contributed by atoms with Crippen LogP contribution in [0.1, 0.15) is 42.5 Å². The predicted octanol–water partition coefficient (Wildman–Crippen LogP) is 3.37. The number of aromatic nitrogens is 2. The number of halogens is 1. The molecule has 5 rings (SSSR count). The van der Waals surface area contributed by atoms with Crippen molar-refractivity contribution in [3.63, 3.8) is 0 Å². The van der Waals surface area contributed by atoms with Crippen LogP contribution in [0.4, 0.5) is 11.6 Å². The number of benzene rings is 1. The summed E-state index contributed by atoms with van der Waals surface area (Å²) in [6.45, 7) is 2.86. The number of piperidine rings is 1. The summed E-state index contributed by atoms with van der Waals surface area (Å²) in [5.41, 5.74) is 4.91. The Morgan fingerprint density at radius 3 is 2.81 bits per heavy atom. The van der Waals surface area contributed by atoms with Gasteiger partial charge in [-0.05, 0) is 56.2 Å². The van der Waals surface area contributed by atoms with Crippen LogP contribution in [0.5, 0.6) is 0 Å². The van der Waals surface area contributed by atoms with Gasteiger partial charge in [0.2, 0.25) is 5.95 Å². The van der Waals surface area contributed by atoms with Gasteiger partial charge in [-0.2, -0.15) is 0 Å². The third kappa shape index (κ3) is 2.57. The third-order valence-corrected chi connectivity index (χ3v) is 6.86. The van der Waals surface area contributed by atoms with Crippen molar-refractivity contribution >= 4 is 27.6 Å². The van der Waals surface area contributed by atoms with E-state index < -0.39 is 0 Å². The lowest BCUT2D eigenvalue weighted by Crippen LogP contribution is -2.45. The molecular weight excluding hydrogens is 392 g/mol. The lowest BCUT2D eigenvalue weighted by atomic mass is 9.74. The Hall–Kier alpha value is -1.82. The summed E-state index contributed by atoms with van der Waals surface area (Å²) in [4.78, 5) is 22.6. The van der Waals surface area contributed by atoms with E-state index in [9.17, 15) is 4.79 Å². The second-order valence-electron chi connectivity index (χ2n) is 7.83. The standard InChI is InChI=1S/C20H23BrN4O/c21-13-5-6-15-17(11-13)22-12-20(15)7-9-25(10-8-20)19-23-16-4-2-1-3-14(16)18(26)24-19/h5-6,11,22H,1-4,7-10,12H2,(H,23,24,26). The molecule has 5 nitrogen and oxygen atoms in total. The summed E-state index contributed by atoms with van der Waals surface area (Å²) in [7, 11) is 0. The molecule has 2 aromatic rings. The van der Waals surface area contributed by atoms with Crippen molar-refractivity contribution in [1.29, 1.82) is 0 Å². The normalized spacial score (nSPS) is 20.6. The van der Waals surface area contributed by atoms with Crippen LogP contribution in [0.15, 0.2) is 27.5 Å². The van der Waals surface area contributed by atoms with E-state index in [1.54, 1.807) is 0 Å². The molecular formula is C20H23BrN4O. The quantitative estimate of drug-likeness (QED) is 0.750. The zero-order valence-corrected chi connectivity index (χ0v) is 16.4. The largest absolute Gasteiger partial charge is 0.384 e. The molecule has 0 bridgehead atoms. The van der Waals surface area contributed by atoms with Gasteiger partial charge in [0.1, 0.15) is 0 Å². The van der Waals surface area contributed by atoms with Gasteiger partial charge in [-0.15, -0.1) is 0 Å². The van der Waals surface area contributed by atoms with Crippen molar-refractivity contribution in [1.82, 2.24) is 9.97 Å². The van der Waals surface area contributed by atoms with Gasteiger partial charge >= 0.3 is 0 Å². The van der Waals surface area contributed by atoms with E-state index in [1.165, 1.54) is 11.3 Å². The first-order valence-corrected chi connectivity index (χ1v) is 10.3. The third-order valence-electron chi connectivity index (χ3n) is 6.37. The van der Waals surface area contributed by atoms with E-state index in [-0.39, 0.29) is 11.0 Å². The Morgan fingerprint density at radius 2 is 1.96 bits per heavy atom. The SMILES string of the molecule is O=c1[nH]c(N2CCC3(CC2)CNc2cc(Br)ccc23)nc2c1CCCC2. The number of rotatable bonds is 1. The zero-order chi connectivity index (χ0) is 17.7. The summed E-state index contributed by atoms with van der Waals surface area (Å²) in [5, 5.41) is 3.58. The molecule has 1 spiro atoms. The summed E-state index contributed by atoms with van der Waals surface area (Å²) in [6, 6.07) is 6.58. The van der Waals surface area contributed by atoms with Crippen molar-refractivity contribution < 1.29 is 0 Å². The number of nitrogens with zero attached hydrogens (tertiary/aromatic N) is 2. The average Bonchev–Trinajstić information content (AvgIpc) is 3.00. The average molecular weight is 415 g/mol. The molecule has 136 valence electrons. The summed E-state index contributed by atoms with van der Waals surface area (Å²) in [6.07, 6.45) is 6.22. The molecule has 6 heteroatoms. The van der Waals surface area contributed by atoms with Gasteiger partial charge < -0.3 is 10.2 Å². The van der Waals surface area contributed by atoms with E-state index in [2.05, 4.69) is 49.3 Å². The van der Waals surface area contributed by atoms with E-state index in [0.717, 1.165) is 79.8 Å². The minimum atomic E-state index is 0.0720. The maximum absolute atomic E-state index is 12.4. The highest BCUT2D eigenvalue weighted by molar-refractivity contribution is 9.10. The minimum absolute atomic E-state index is 0.0720. The van der Waals surface area contributed by atoms with E-state index in [1.807, 2.05) is 0 Å². The van der Waals surface area contributed by atoms with Crippen LogP contribution < -0.4 is 15.8 Å². The van der Waals surface area contributed by atoms with Gasteiger partial charge in [-0.1, -0.05) is 22.0 Å². The smallest absolute Gasteiger partial charge is 0.255 e. The fraction of sp³-hybridized carbons (Fsp3) is 0.500. The Kier molecular flexibility index (Phi) is 3.85. The van der Waals surface area contributed by atoms with Crippen LogP contribution in [0.3, 0.4) is 0 Å². The molecule has 2 N–H and O–H groups in total. The molecule has 1 aromatic heterocycles. The van der Waals surface area contributed by atoms with Crippen LogP contribution in [0.2, 0.25) is 0 Å². The number of hydrogen-bond donors (Lipinski definition) is 2. The summed E-state index contributed by atoms with van der Waals surface area (Å²) in [5.74, 6) is 0.771. The fourth-order valence-corrected chi connectivity index (χ4v) is 5.18. The second-order valence-corrected chi connectivity index (χ2v) is 8.75. The van der Waals surface area contributed by atoms with Crippen molar-refractivity contribution in [2.24, 2.45) is 0 Å². The highest BCUT2D eigenvalue weighted by Crippen LogP contribution is 2.45. The number of fused-ring (bicyclic) bond motifs is 3. The van der Waals surface area contributed by atoms with Crippen molar-refractivity contribution in [3.8, 4) is 0 Å². The number of hydrogen-bond acceptors (Lipinski definition) is 4. The summed E-state index contributed by atoms with van der Waals surface area (Å²) < 4.78 is 1.12. The van der Waals surface area contributed by atoms with Gasteiger partial charge in [-0.3, -0.25) is 9.78 Å². The van der Waals surface area contributed by atoms with Crippen molar-refractivity contribution in [2.45, 2.75) is 43.9 Å². The number of H-pyrrole nitrogens is 1. The number of anilines is 2. The second kappa shape index (κ2) is 6.12. The van der Waals surface area contributed by atoms with Gasteiger partial charge in [0.15, 0.2) is 0 Å². The zero-order valence-electron chi connectivity index (χ0n) is 14.8. The highest BCUT2D eigenvalue weighted by atomic mass is 79.9. The molecule has 1 aliphatic carbocycles. The van der Waals surface area contributed by atoms with Crippen LogP contribution in [0.25, 0.3) is 0 Å². The fourth-order valence-electron chi connectivity index (χ4n) is 4.82. The molecule has 2 aliphatic heterocycles. The first-order valence-electron chi connectivity index (χ1n) is 9.56. The molecule has 1 fully saturated rings. The lowest BCUT2D eigenvalue weighted by molar-refractivity contribution is 0.359. The summed E-state index contributed by atoms with van der Waals surface area (Å²) >= 11 is 3.56. The first-order chi connectivity index (χ1) is 12.6. The van der Waals surface area contributed by atoms with Gasteiger partial charge in [0, 0.05) is 40.8 Å². The molecule has 26 heavy (non-hydrogen) atoms. The van der Waals surface area contributed by atoms with Gasteiger partial charge in [0.25, 0.3) is 5.56 Å². The Bertz CT molecular complexity index is 915. The highest BCUT2D eigenvalue weighted by Gasteiger charge is 2.41. The predicted molar refractivity (Wildman–Crippen MR) is 107 cm³/mol. The Labute approximate surface area is 161 Å². The maximum atomic E-state index is 12.4. The van der Waals surface area contributed by atoms with Crippen LogP contribution >= 0.6 is 15.9 Å². The monoisotopic (exact) mass is 414 g/mol. The van der Waals surface area contributed by atoms with E-state index in [4.69, 9.17) is 4.98 Å². The molecule has 1 aromatic carbocycles. The van der Waals surface area contributed by atoms with Gasteiger partial charge in [0.05, 0.1) is 5.69 Å². The number of aromatic amines is 1. The first kappa shape index (κ1) is 16.4. The molecule has 0 atom stereocenters. The lowest BCUT2D eigenvalue weighted by Gasteiger charge is -2.39. The molecule has 1 saturated heterocycles. The molecule has 3 aliphatic rings. The van der Waals surface area contributed by atoms with Crippen LogP contribution in [-0.2, 0) is 18.3 Å². The van der Waals surface area contributed by atoms with Crippen LogP contribution in [-0.4, -0.2) is 29.6 Å². The number of aryl methyl sites for hydroxylation is 1. The Balaban J connectivity index is 1.39. The molecule has 0 saturated carbocycles. The van der Waals surface area contributed by atoms with E-state index >= 15 is 0 Å². The molecule has 0 unspecified atom stereocenters. The minimum Gasteiger partial charge on any atom is -0.384 e. The van der Waals surface area contributed by atoms with E-state index in [0.29, 0.717) is 0 Å². The Morgan fingerprint density at radius 1 is 1.15 bits per heavy atom. The van der Waals surface area contributed by atoms with Crippen molar-refractivity contribution in [3.05, 3.63) is 49.8 Å². The van der Waals surface area contributed by atoms with Gasteiger partial charge in [-0.25, -0.2) is 4.98 Å². The molecule has 0 amide bonds. The maximum Gasteiger partial charge on any atom is 0.255 e. The topological polar surface area (TPSA) is 61.0 Å². The van der Waals surface area contributed by atoms with Crippen molar-refractivity contribution in [2.75, 3.05) is 29.9 Å².